The van der Waals surface area contributed by atoms with Crippen molar-refractivity contribution in [1.82, 2.24) is 15.1 Å². The van der Waals surface area contributed by atoms with E-state index in [1.54, 1.807) is 6.07 Å². The number of rotatable bonds is 5. The Morgan fingerprint density at radius 2 is 1.92 bits per heavy atom. The summed E-state index contributed by atoms with van der Waals surface area (Å²) in [7, 11) is 2.14. The fraction of sp³-hybridized carbons (Fsp3) is 0.632. The molecule has 2 aliphatic rings. The Bertz CT molecular complexity index is 563. The van der Waals surface area contributed by atoms with Crippen LogP contribution in [0.5, 0.6) is 0 Å². The predicted molar refractivity (Wildman–Crippen MR) is 93.5 cm³/mol. The fourth-order valence-corrected chi connectivity index (χ4v) is 3.98. The molecule has 1 aliphatic carbocycles. The summed E-state index contributed by atoms with van der Waals surface area (Å²) in [6.45, 7) is 5.84. The second-order valence-electron chi connectivity index (χ2n) is 7.20. The van der Waals surface area contributed by atoms with Crippen LogP contribution in [-0.2, 0) is 10.2 Å². The highest BCUT2D eigenvalue weighted by Crippen LogP contribution is 2.41. The topological polar surface area (TPSA) is 35.6 Å². The van der Waals surface area contributed by atoms with E-state index >= 15 is 0 Å². The first-order valence-electron chi connectivity index (χ1n) is 9.05. The van der Waals surface area contributed by atoms with Gasteiger partial charge in [-0.05, 0) is 37.6 Å². The van der Waals surface area contributed by atoms with Crippen molar-refractivity contribution in [3.05, 3.63) is 35.6 Å². The molecule has 1 aromatic carbocycles. The molecule has 0 atom stereocenters. The van der Waals surface area contributed by atoms with E-state index in [9.17, 15) is 9.18 Å². The van der Waals surface area contributed by atoms with Crippen molar-refractivity contribution in [2.24, 2.45) is 0 Å². The molecule has 132 valence electrons. The molecule has 1 saturated heterocycles. The number of amides is 1. The lowest BCUT2D eigenvalue weighted by atomic mass is 9.78. The quantitative estimate of drug-likeness (QED) is 0.895. The lowest BCUT2D eigenvalue weighted by Crippen LogP contribution is -2.49. The monoisotopic (exact) mass is 333 g/mol. The zero-order chi connectivity index (χ0) is 17.0. The number of hydrogen-bond donors (Lipinski definition) is 1. The molecule has 0 unspecified atom stereocenters. The molecular formula is C19H28FN3O. The van der Waals surface area contributed by atoms with Crippen LogP contribution in [-0.4, -0.2) is 62.0 Å². The van der Waals surface area contributed by atoms with Crippen molar-refractivity contribution in [2.45, 2.75) is 31.1 Å². The summed E-state index contributed by atoms with van der Waals surface area (Å²) < 4.78 is 13.6. The third-order valence-electron chi connectivity index (χ3n) is 5.58. The van der Waals surface area contributed by atoms with Gasteiger partial charge in [0.15, 0.2) is 0 Å². The minimum Gasteiger partial charge on any atom is -0.354 e. The van der Waals surface area contributed by atoms with E-state index in [-0.39, 0.29) is 11.7 Å². The van der Waals surface area contributed by atoms with Crippen LogP contribution in [0.2, 0.25) is 0 Å². The van der Waals surface area contributed by atoms with Gasteiger partial charge in [-0.15, -0.1) is 0 Å². The maximum Gasteiger partial charge on any atom is 0.230 e. The van der Waals surface area contributed by atoms with Crippen LogP contribution in [0, 0.1) is 5.82 Å². The van der Waals surface area contributed by atoms with Crippen LogP contribution in [0.3, 0.4) is 0 Å². The predicted octanol–water partition coefficient (Wildman–Crippen LogP) is 2.00. The van der Waals surface area contributed by atoms with Crippen molar-refractivity contribution in [3.63, 3.8) is 0 Å². The van der Waals surface area contributed by atoms with E-state index in [1.165, 1.54) is 12.1 Å². The summed E-state index contributed by atoms with van der Waals surface area (Å²) >= 11 is 0. The number of halogens is 1. The molecule has 1 aromatic rings. The summed E-state index contributed by atoms with van der Waals surface area (Å²) in [4.78, 5) is 17.6. The normalized spacial score (nSPS) is 21.8. The van der Waals surface area contributed by atoms with E-state index in [4.69, 9.17) is 0 Å². The Morgan fingerprint density at radius 3 is 2.58 bits per heavy atom. The first-order chi connectivity index (χ1) is 11.6. The van der Waals surface area contributed by atoms with Crippen LogP contribution in [0.15, 0.2) is 24.3 Å². The number of nitrogens with one attached hydrogen (secondary N) is 1. The van der Waals surface area contributed by atoms with Gasteiger partial charge in [0.1, 0.15) is 5.82 Å². The van der Waals surface area contributed by atoms with E-state index < -0.39 is 5.41 Å². The molecule has 0 radical (unpaired) electrons. The molecule has 1 saturated carbocycles. The van der Waals surface area contributed by atoms with E-state index in [1.807, 2.05) is 6.07 Å². The third kappa shape index (κ3) is 3.78. The Balaban J connectivity index is 1.59. The van der Waals surface area contributed by atoms with Crippen LogP contribution in [0.4, 0.5) is 4.39 Å². The van der Waals surface area contributed by atoms with Crippen LogP contribution in [0.1, 0.15) is 31.2 Å². The molecule has 2 fully saturated rings. The van der Waals surface area contributed by atoms with E-state index in [0.717, 1.165) is 64.0 Å². The van der Waals surface area contributed by atoms with Gasteiger partial charge in [0, 0.05) is 39.3 Å². The molecule has 24 heavy (non-hydrogen) atoms. The lowest BCUT2D eigenvalue weighted by molar-refractivity contribution is -0.126. The van der Waals surface area contributed by atoms with Crippen molar-refractivity contribution in [1.29, 1.82) is 0 Å². The molecule has 4 nitrogen and oxygen atoms in total. The Labute approximate surface area is 144 Å². The average Bonchev–Trinajstić information content (AvgIpc) is 3.08. The average molecular weight is 333 g/mol. The maximum absolute atomic E-state index is 13.6. The smallest absolute Gasteiger partial charge is 0.230 e. The second kappa shape index (κ2) is 7.62. The molecule has 5 heteroatoms. The molecule has 1 amide bonds. The van der Waals surface area contributed by atoms with Gasteiger partial charge >= 0.3 is 0 Å². The highest BCUT2D eigenvalue weighted by atomic mass is 19.1. The summed E-state index contributed by atoms with van der Waals surface area (Å²) in [5.41, 5.74) is 0.293. The second-order valence-corrected chi connectivity index (χ2v) is 7.20. The van der Waals surface area contributed by atoms with Crippen molar-refractivity contribution in [2.75, 3.05) is 46.3 Å². The minimum atomic E-state index is -0.537. The van der Waals surface area contributed by atoms with Gasteiger partial charge in [0.05, 0.1) is 5.41 Å². The van der Waals surface area contributed by atoms with E-state index in [2.05, 4.69) is 22.2 Å². The first kappa shape index (κ1) is 17.4. The highest BCUT2D eigenvalue weighted by molar-refractivity contribution is 5.88. The van der Waals surface area contributed by atoms with Gasteiger partial charge in [-0.3, -0.25) is 9.69 Å². The number of benzene rings is 1. The number of hydrogen-bond acceptors (Lipinski definition) is 3. The fourth-order valence-electron chi connectivity index (χ4n) is 3.98. The zero-order valence-corrected chi connectivity index (χ0v) is 14.6. The lowest BCUT2D eigenvalue weighted by Gasteiger charge is -2.33. The highest BCUT2D eigenvalue weighted by Gasteiger charge is 2.42. The molecule has 3 rings (SSSR count). The number of carbonyl (C=O) groups excluding carboxylic acids is 1. The summed E-state index contributed by atoms with van der Waals surface area (Å²) in [5, 5.41) is 3.13. The Hall–Kier alpha value is -1.46. The van der Waals surface area contributed by atoms with Crippen LogP contribution >= 0.6 is 0 Å². The van der Waals surface area contributed by atoms with Crippen molar-refractivity contribution < 1.29 is 9.18 Å². The van der Waals surface area contributed by atoms with Gasteiger partial charge in [-0.1, -0.05) is 25.0 Å². The summed E-state index contributed by atoms with van der Waals surface area (Å²) in [6, 6.07) is 6.58. The third-order valence-corrected chi connectivity index (χ3v) is 5.58. The Morgan fingerprint density at radius 1 is 1.21 bits per heavy atom. The molecule has 1 heterocycles. The van der Waals surface area contributed by atoms with Crippen LogP contribution in [0.25, 0.3) is 0 Å². The Kier molecular flexibility index (Phi) is 5.51. The summed E-state index contributed by atoms with van der Waals surface area (Å²) in [5.74, 6) is -0.191. The SMILES string of the molecule is CN1CCN(CCNC(=O)C2(c3cccc(F)c3)CCCC2)CC1. The van der Waals surface area contributed by atoms with Crippen molar-refractivity contribution >= 4 is 5.91 Å². The van der Waals surface area contributed by atoms with Crippen molar-refractivity contribution in [3.8, 4) is 0 Å². The molecule has 1 N–H and O–H groups in total. The van der Waals surface area contributed by atoms with Gasteiger partial charge in [-0.2, -0.15) is 0 Å². The standard InChI is InChI=1S/C19H28FN3O/c1-22-11-13-23(14-12-22)10-9-21-18(24)19(7-2-3-8-19)16-5-4-6-17(20)15-16/h4-6,15H,2-3,7-14H2,1H3,(H,21,24). The summed E-state index contributed by atoms with van der Waals surface area (Å²) in [6.07, 6.45) is 3.69. The van der Waals surface area contributed by atoms with Gasteiger partial charge in [0.2, 0.25) is 5.91 Å². The van der Waals surface area contributed by atoms with E-state index in [0.29, 0.717) is 6.54 Å². The first-order valence-corrected chi connectivity index (χ1v) is 9.05. The van der Waals surface area contributed by atoms with Gasteiger partial charge < -0.3 is 10.2 Å². The number of piperazine rings is 1. The van der Waals surface area contributed by atoms with Crippen LogP contribution < -0.4 is 5.32 Å². The number of carbonyl (C=O) groups is 1. The largest absolute Gasteiger partial charge is 0.354 e. The number of nitrogens with zero attached hydrogens (tertiary/aromatic N) is 2. The molecule has 1 aliphatic heterocycles. The molecular weight excluding hydrogens is 305 g/mol. The van der Waals surface area contributed by atoms with Gasteiger partial charge in [-0.25, -0.2) is 4.39 Å². The number of likely N-dealkylation sites (N-methyl/N-ethyl adjacent to an activating group) is 1. The maximum atomic E-state index is 13.6. The minimum absolute atomic E-state index is 0.0692. The molecule has 0 aromatic heterocycles. The zero-order valence-electron chi connectivity index (χ0n) is 14.6. The molecule has 0 bridgehead atoms. The molecule has 0 spiro atoms. The van der Waals surface area contributed by atoms with Gasteiger partial charge in [0.25, 0.3) is 0 Å².